The molecule has 3 rings (SSSR count). The topological polar surface area (TPSA) is 50.7 Å². The average molecular weight is 626 g/mol. The Bertz CT molecular complexity index is 1070. The van der Waals surface area contributed by atoms with Gasteiger partial charge >= 0.3 is 6.18 Å². The van der Waals surface area contributed by atoms with Gasteiger partial charge in [-0.15, -0.1) is 11.8 Å². The lowest BCUT2D eigenvalue weighted by Crippen LogP contribution is -2.42. The van der Waals surface area contributed by atoms with Crippen LogP contribution in [0.25, 0.3) is 0 Å². The molecule has 4 nitrogen and oxygen atoms in total. The van der Waals surface area contributed by atoms with Gasteiger partial charge in [0.2, 0.25) is 5.91 Å². The second kappa shape index (κ2) is 11.0. The van der Waals surface area contributed by atoms with Gasteiger partial charge in [-0.05, 0) is 67.6 Å². The van der Waals surface area contributed by atoms with Crippen molar-refractivity contribution in [2.75, 3.05) is 17.8 Å². The van der Waals surface area contributed by atoms with E-state index in [4.69, 9.17) is 4.84 Å². The maximum absolute atomic E-state index is 14.2. The molecular formula is C22H21Br2F3N2O2S2. The molecule has 11 heteroatoms. The summed E-state index contributed by atoms with van der Waals surface area (Å²) < 4.78 is 43.8. The number of nitrogens with one attached hydrogen (secondary N) is 1. The van der Waals surface area contributed by atoms with Crippen LogP contribution in [-0.4, -0.2) is 35.6 Å². The number of amides is 1. The number of hydrogen-bond acceptors (Lipinski definition) is 5. The summed E-state index contributed by atoms with van der Waals surface area (Å²) in [5, 5.41) is 6.73. The molecule has 0 aromatic heterocycles. The number of nitrogens with zero attached hydrogens (tertiary/aromatic N) is 1. The summed E-state index contributed by atoms with van der Waals surface area (Å²) >= 11 is 9.55. The number of thioether (sulfide) groups is 2. The molecule has 178 valence electrons. The molecule has 1 heterocycles. The lowest BCUT2D eigenvalue weighted by atomic mass is 9.86. The fraction of sp³-hybridized carbons (Fsp3) is 0.364. The maximum Gasteiger partial charge on any atom is 0.435 e. The van der Waals surface area contributed by atoms with Crippen LogP contribution in [0.15, 0.2) is 55.4 Å². The Kier molecular flexibility index (Phi) is 8.85. The van der Waals surface area contributed by atoms with Crippen molar-refractivity contribution in [2.24, 2.45) is 5.16 Å². The first-order valence-corrected chi connectivity index (χ1v) is 13.9. The zero-order valence-corrected chi connectivity index (χ0v) is 22.6. The van der Waals surface area contributed by atoms with Crippen LogP contribution in [0.2, 0.25) is 0 Å². The smallest absolute Gasteiger partial charge is 0.374 e. The Morgan fingerprint density at radius 3 is 2.61 bits per heavy atom. The molecule has 2 aromatic rings. The van der Waals surface area contributed by atoms with Gasteiger partial charge in [0.15, 0.2) is 0 Å². The molecule has 0 bridgehead atoms. The second-order valence-corrected chi connectivity index (χ2v) is 11.0. The molecule has 1 amide bonds. The molecule has 2 aromatic carbocycles. The molecule has 1 N–H and O–H groups in total. The van der Waals surface area contributed by atoms with Crippen molar-refractivity contribution >= 4 is 67.0 Å². The molecule has 0 spiro atoms. The van der Waals surface area contributed by atoms with E-state index in [1.165, 1.54) is 35.7 Å². The van der Waals surface area contributed by atoms with E-state index in [0.29, 0.717) is 26.8 Å². The molecule has 1 aliphatic rings. The van der Waals surface area contributed by atoms with E-state index in [-0.39, 0.29) is 17.2 Å². The van der Waals surface area contributed by atoms with E-state index >= 15 is 0 Å². The predicted octanol–water partition coefficient (Wildman–Crippen LogP) is 6.89. The number of benzene rings is 2. The SMILES string of the molecule is CCSCC(=O)NCc1ccc(C2=NOC(c3ccc(Br)c(Br)c3)(C(F)(F)F)C2)cc1SC. The molecule has 33 heavy (non-hydrogen) atoms. The first-order valence-electron chi connectivity index (χ1n) is 9.90. The van der Waals surface area contributed by atoms with E-state index in [1.807, 2.05) is 13.2 Å². The van der Waals surface area contributed by atoms with Crippen LogP contribution in [0, 0.1) is 0 Å². The lowest BCUT2D eigenvalue weighted by molar-refractivity contribution is -0.275. The summed E-state index contributed by atoms with van der Waals surface area (Å²) in [7, 11) is 0. The molecule has 1 atom stereocenters. The summed E-state index contributed by atoms with van der Waals surface area (Å²) in [6.07, 6.45) is -3.24. The van der Waals surface area contributed by atoms with Crippen LogP contribution in [0.1, 0.15) is 30.0 Å². The van der Waals surface area contributed by atoms with E-state index < -0.39 is 18.2 Å². The summed E-state index contributed by atoms with van der Waals surface area (Å²) in [6, 6.07) is 9.64. The lowest BCUT2D eigenvalue weighted by Gasteiger charge is -2.29. The normalized spacial score (nSPS) is 18.1. The van der Waals surface area contributed by atoms with Crippen molar-refractivity contribution in [2.45, 2.75) is 36.6 Å². The quantitative estimate of drug-likeness (QED) is 0.325. The summed E-state index contributed by atoms with van der Waals surface area (Å²) in [4.78, 5) is 17.9. The van der Waals surface area contributed by atoms with Crippen molar-refractivity contribution in [3.63, 3.8) is 0 Å². The molecular weight excluding hydrogens is 605 g/mol. The minimum atomic E-state index is -4.67. The van der Waals surface area contributed by atoms with Gasteiger partial charge in [-0.25, -0.2) is 0 Å². The van der Waals surface area contributed by atoms with Crippen LogP contribution in [0.4, 0.5) is 13.2 Å². The van der Waals surface area contributed by atoms with E-state index in [2.05, 4.69) is 42.3 Å². The minimum absolute atomic E-state index is 0.0294. The van der Waals surface area contributed by atoms with E-state index in [1.54, 1.807) is 24.3 Å². The van der Waals surface area contributed by atoms with E-state index in [9.17, 15) is 18.0 Å². The third-order valence-electron chi connectivity index (χ3n) is 5.11. The number of halogens is 5. The molecule has 0 saturated carbocycles. The van der Waals surface area contributed by atoms with Gasteiger partial charge in [0.25, 0.3) is 5.60 Å². The Morgan fingerprint density at radius 2 is 1.97 bits per heavy atom. The first-order chi connectivity index (χ1) is 15.6. The zero-order chi connectivity index (χ0) is 24.2. The average Bonchev–Trinajstić information content (AvgIpc) is 3.25. The number of hydrogen-bond donors (Lipinski definition) is 1. The predicted molar refractivity (Wildman–Crippen MR) is 135 cm³/mol. The van der Waals surface area contributed by atoms with Crippen molar-refractivity contribution < 1.29 is 22.8 Å². The molecule has 0 aliphatic carbocycles. The highest BCUT2D eigenvalue weighted by atomic mass is 79.9. The van der Waals surface area contributed by atoms with Gasteiger partial charge in [-0.1, -0.05) is 30.3 Å². The zero-order valence-electron chi connectivity index (χ0n) is 17.8. The molecule has 0 fully saturated rings. The van der Waals surface area contributed by atoms with Gasteiger partial charge in [0.05, 0.1) is 11.5 Å². The van der Waals surface area contributed by atoms with E-state index in [0.717, 1.165) is 16.2 Å². The Hall–Kier alpha value is -1.17. The molecule has 1 unspecified atom stereocenters. The highest BCUT2D eigenvalue weighted by molar-refractivity contribution is 9.13. The third-order valence-corrected chi connectivity index (χ3v) is 8.68. The van der Waals surface area contributed by atoms with Crippen molar-refractivity contribution in [1.82, 2.24) is 5.32 Å². The van der Waals surface area contributed by atoms with Crippen molar-refractivity contribution in [1.29, 1.82) is 0 Å². The Balaban J connectivity index is 1.84. The van der Waals surface area contributed by atoms with Crippen LogP contribution in [0.3, 0.4) is 0 Å². The Morgan fingerprint density at radius 1 is 1.21 bits per heavy atom. The number of rotatable bonds is 8. The van der Waals surface area contributed by atoms with Gasteiger partial charge in [0.1, 0.15) is 0 Å². The number of carbonyl (C=O) groups excluding carboxylic acids is 1. The monoisotopic (exact) mass is 624 g/mol. The first kappa shape index (κ1) is 26.4. The fourth-order valence-electron chi connectivity index (χ4n) is 3.32. The summed E-state index contributed by atoms with van der Waals surface area (Å²) in [6.45, 7) is 2.34. The van der Waals surface area contributed by atoms with Crippen molar-refractivity contribution in [3.8, 4) is 0 Å². The minimum Gasteiger partial charge on any atom is -0.374 e. The third kappa shape index (κ3) is 5.91. The van der Waals surface area contributed by atoms with Crippen LogP contribution < -0.4 is 5.32 Å². The fourth-order valence-corrected chi connectivity index (χ4v) is 5.08. The number of oxime groups is 1. The highest BCUT2D eigenvalue weighted by Crippen LogP contribution is 2.49. The summed E-state index contributed by atoms with van der Waals surface area (Å²) in [5.41, 5.74) is -0.929. The Labute approximate surface area is 215 Å². The van der Waals surface area contributed by atoms with Crippen LogP contribution in [0.5, 0.6) is 0 Å². The second-order valence-electron chi connectivity index (χ2n) is 7.20. The van der Waals surface area contributed by atoms with Gasteiger partial charge < -0.3 is 10.2 Å². The standard InChI is InChI=1S/C22H21Br2F3N2O2S2/c1-3-33-12-20(30)28-11-14-5-4-13(8-19(14)32-2)18-10-21(31-29-18,22(25,26)27)15-6-7-16(23)17(24)9-15/h4-9H,3,10-12H2,1-2H3,(H,28,30). The number of alkyl halides is 3. The van der Waals surface area contributed by atoms with Gasteiger partial charge in [0, 0.05) is 37.9 Å². The van der Waals surface area contributed by atoms with Crippen molar-refractivity contribution in [3.05, 3.63) is 62.0 Å². The molecule has 0 radical (unpaired) electrons. The highest BCUT2D eigenvalue weighted by Gasteiger charge is 2.62. The molecule has 0 saturated heterocycles. The van der Waals surface area contributed by atoms with Gasteiger partial charge in [-0.2, -0.15) is 24.9 Å². The largest absolute Gasteiger partial charge is 0.435 e. The van der Waals surface area contributed by atoms with Gasteiger partial charge in [-0.3, -0.25) is 4.79 Å². The maximum atomic E-state index is 14.2. The van der Waals surface area contributed by atoms with Crippen LogP contribution >= 0.6 is 55.4 Å². The number of carbonyl (C=O) groups is 1. The molecule has 1 aliphatic heterocycles. The van der Waals surface area contributed by atoms with Crippen LogP contribution in [-0.2, 0) is 21.8 Å². The summed E-state index contributed by atoms with van der Waals surface area (Å²) in [5.74, 6) is 1.20.